The molecule has 3 N–H and O–H groups in total. The molecule has 25 heavy (non-hydrogen) atoms. The summed E-state index contributed by atoms with van der Waals surface area (Å²) in [5.74, 6) is -1.57. The Labute approximate surface area is 142 Å². The van der Waals surface area contributed by atoms with Crippen molar-refractivity contribution in [1.29, 1.82) is 0 Å². The van der Waals surface area contributed by atoms with Gasteiger partial charge in [-0.3, -0.25) is 4.79 Å². The molecule has 0 bridgehead atoms. The Hall–Kier alpha value is -3.09. The molecule has 0 saturated heterocycles. The Morgan fingerprint density at radius 3 is 2.72 bits per heavy atom. The maximum Gasteiger partial charge on any atom is 0.273 e. The molecule has 0 atom stereocenters. The van der Waals surface area contributed by atoms with E-state index < -0.39 is 17.5 Å². The van der Waals surface area contributed by atoms with E-state index in [1.807, 2.05) is 6.92 Å². The van der Waals surface area contributed by atoms with Crippen LogP contribution >= 0.6 is 0 Å². The normalized spacial score (nSPS) is 10.8. The van der Waals surface area contributed by atoms with Gasteiger partial charge in [0.15, 0.2) is 5.69 Å². The molecule has 0 unspecified atom stereocenters. The number of nitrogens with zero attached hydrogens (tertiary/aromatic N) is 2. The molecule has 0 aliphatic carbocycles. The van der Waals surface area contributed by atoms with Crippen LogP contribution in [0, 0.1) is 11.6 Å². The number of nitrogens with two attached hydrogens (primary N) is 1. The highest BCUT2D eigenvalue weighted by Crippen LogP contribution is 2.32. The summed E-state index contributed by atoms with van der Waals surface area (Å²) in [7, 11) is 0. The SMILES string of the molecule is CCCNC(=O)c1nnc2c(-c3cc(F)ccc3F)cccc2c1N. The number of anilines is 1. The van der Waals surface area contributed by atoms with Gasteiger partial charge in [-0.05, 0) is 24.6 Å². The van der Waals surface area contributed by atoms with Gasteiger partial charge in [-0.1, -0.05) is 25.1 Å². The summed E-state index contributed by atoms with van der Waals surface area (Å²) in [6.45, 7) is 2.42. The van der Waals surface area contributed by atoms with Crippen LogP contribution in [0.3, 0.4) is 0 Å². The molecule has 1 aromatic heterocycles. The molecular weight excluding hydrogens is 326 g/mol. The largest absolute Gasteiger partial charge is 0.396 e. The summed E-state index contributed by atoms with van der Waals surface area (Å²) in [4.78, 5) is 12.1. The molecule has 1 amide bonds. The minimum absolute atomic E-state index is 0.0119. The van der Waals surface area contributed by atoms with Gasteiger partial charge in [0.05, 0.1) is 5.69 Å². The number of carbonyl (C=O) groups is 1. The van der Waals surface area contributed by atoms with E-state index in [4.69, 9.17) is 5.73 Å². The van der Waals surface area contributed by atoms with Crippen molar-refractivity contribution in [3.8, 4) is 11.1 Å². The number of rotatable bonds is 4. The number of hydrogen-bond acceptors (Lipinski definition) is 4. The van der Waals surface area contributed by atoms with Crippen molar-refractivity contribution in [2.24, 2.45) is 0 Å². The third-order valence-electron chi connectivity index (χ3n) is 3.80. The summed E-state index contributed by atoms with van der Waals surface area (Å²) in [5, 5.41) is 11.1. The Morgan fingerprint density at radius 2 is 1.96 bits per heavy atom. The first kappa shape index (κ1) is 16.8. The minimum atomic E-state index is -0.584. The van der Waals surface area contributed by atoms with Gasteiger partial charge in [-0.2, -0.15) is 0 Å². The fraction of sp³-hybridized carbons (Fsp3) is 0.167. The third kappa shape index (κ3) is 3.13. The molecule has 0 radical (unpaired) electrons. The highest BCUT2D eigenvalue weighted by atomic mass is 19.1. The number of amides is 1. The molecule has 2 aromatic carbocycles. The van der Waals surface area contributed by atoms with Crippen LogP contribution in [-0.4, -0.2) is 22.6 Å². The van der Waals surface area contributed by atoms with Crippen LogP contribution in [-0.2, 0) is 0 Å². The van der Waals surface area contributed by atoms with E-state index in [0.717, 1.165) is 24.6 Å². The first-order chi connectivity index (χ1) is 12.0. The van der Waals surface area contributed by atoms with Gasteiger partial charge < -0.3 is 11.1 Å². The molecule has 5 nitrogen and oxygen atoms in total. The Balaban J connectivity index is 2.16. The van der Waals surface area contributed by atoms with Gasteiger partial charge >= 0.3 is 0 Å². The Kier molecular flexibility index (Phi) is 4.56. The number of benzene rings is 2. The summed E-state index contributed by atoms with van der Waals surface area (Å²) in [6.07, 6.45) is 0.773. The molecule has 0 aliphatic rings. The zero-order valence-electron chi connectivity index (χ0n) is 13.5. The number of nitrogens with one attached hydrogen (secondary N) is 1. The van der Waals surface area contributed by atoms with Crippen LogP contribution < -0.4 is 11.1 Å². The minimum Gasteiger partial charge on any atom is -0.396 e. The van der Waals surface area contributed by atoms with Crippen molar-refractivity contribution < 1.29 is 13.6 Å². The predicted octanol–water partition coefficient (Wildman–Crippen LogP) is 3.30. The van der Waals surface area contributed by atoms with Crippen LogP contribution in [0.5, 0.6) is 0 Å². The van der Waals surface area contributed by atoms with Crippen LogP contribution in [0.2, 0.25) is 0 Å². The first-order valence-electron chi connectivity index (χ1n) is 7.81. The molecular formula is C18H16F2N4O. The number of halogens is 2. The van der Waals surface area contributed by atoms with Gasteiger partial charge in [-0.25, -0.2) is 8.78 Å². The van der Waals surface area contributed by atoms with Crippen molar-refractivity contribution in [1.82, 2.24) is 15.5 Å². The van der Waals surface area contributed by atoms with Gasteiger partial charge in [0.25, 0.3) is 5.91 Å². The van der Waals surface area contributed by atoms with Gasteiger partial charge in [0.1, 0.15) is 17.2 Å². The van der Waals surface area contributed by atoms with E-state index in [0.29, 0.717) is 23.0 Å². The highest BCUT2D eigenvalue weighted by Gasteiger charge is 2.18. The molecule has 1 heterocycles. The maximum atomic E-state index is 14.1. The van der Waals surface area contributed by atoms with Crippen LogP contribution in [0.1, 0.15) is 23.8 Å². The lowest BCUT2D eigenvalue weighted by molar-refractivity contribution is 0.0949. The number of hydrogen-bond donors (Lipinski definition) is 2. The van der Waals surface area contributed by atoms with Crippen molar-refractivity contribution in [3.63, 3.8) is 0 Å². The fourth-order valence-corrected chi connectivity index (χ4v) is 2.56. The predicted molar refractivity (Wildman–Crippen MR) is 91.9 cm³/mol. The highest BCUT2D eigenvalue weighted by molar-refractivity contribution is 6.07. The molecule has 0 fully saturated rings. The average molecular weight is 342 g/mol. The standard InChI is InChI=1S/C18H16F2N4O/c1-2-8-22-18(25)17-15(21)12-5-3-4-11(16(12)23-24-17)13-9-10(19)6-7-14(13)20/h3-7,9H,2,8H2,1H3,(H2,21,23)(H,22,25). The second kappa shape index (κ2) is 6.80. The summed E-state index contributed by atoms with van der Waals surface area (Å²) < 4.78 is 27.6. The Bertz CT molecular complexity index is 959. The topological polar surface area (TPSA) is 80.9 Å². The van der Waals surface area contributed by atoms with Gasteiger partial charge in [0, 0.05) is 23.1 Å². The van der Waals surface area contributed by atoms with Crippen LogP contribution in [0.25, 0.3) is 22.0 Å². The van der Waals surface area contributed by atoms with E-state index >= 15 is 0 Å². The molecule has 3 aromatic rings. The molecule has 3 rings (SSSR count). The molecule has 0 aliphatic heterocycles. The smallest absolute Gasteiger partial charge is 0.273 e. The van der Waals surface area contributed by atoms with Crippen molar-refractivity contribution in [3.05, 3.63) is 53.7 Å². The maximum absolute atomic E-state index is 14.1. The fourth-order valence-electron chi connectivity index (χ4n) is 2.56. The zero-order chi connectivity index (χ0) is 18.0. The molecule has 7 heteroatoms. The lowest BCUT2D eigenvalue weighted by Crippen LogP contribution is -2.26. The summed E-state index contributed by atoms with van der Waals surface area (Å²) in [5.41, 5.74) is 6.95. The second-order valence-electron chi connectivity index (χ2n) is 5.54. The average Bonchev–Trinajstić information content (AvgIpc) is 2.62. The lowest BCUT2D eigenvalue weighted by Gasteiger charge is -2.11. The van der Waals surface area contributed by atoms with Gasteiger partial charge in [-0.15, -0.1) is 10.2 Å². The molecule has 0 saturated carbocycles. The Morgan fingerprint density at radius 1 is 1.16 bits per heavy atom. The van der Waals surface area contributed by atoms with Gasteiger partial charge in [0.2, 0.25) is 0 Å². The van der Waals surface area contributed by atoms with E-state index in [2.05, 4.69) is 15.5 Å². The monoisotopic (exact) mass is 342 g/mol. The van der Waals surface area contributed by atoms with Crippen molar-refractivity contribution in [2.75, 3.05) is 12.3 Å². The van der Waals surface area contributed by atoms with E-state index in [-0.39, 0.29) is 16.9 Å². The lowest BCUT2D eigenvalue weighted by atomic mass is 10.0. The molecule has 0 spiro atoms. The number of nitrogen functional groups attached to an aromatic ring is 1. The first-order valence-corrected chi connectivity index (χ1v) is 7.81. The quantitative estimate of drug-likeness (QED) is 0.762. The molecule has 128 valence electrons. The van der Waals surface area contributed by atoms with Crippen LogP contribution in [0.4, 0.5) is 14.5 Å². The van der Waals surface area contributed by atoms with E-state index in [1.165, 1.54) is 0 Å². The van der Waals surface area contributed by atoms with Crippen molar-refractivity contribution >= 4 is 22.5 Å². The van der Waals surface area contributed by atoms with Crippen molar-refractivity contribution in [2.45, 2.75) is 13.3 Å². The number of carbonyl (C=O) groups excluding carboxylic acids is 1. The van der Waals surface area contributed by atoms with E-state index in [9.17, 15) is 13.6 Å². The number of fused-ring (bicyclic) bond motifs is 1. The third-order valence-corrected chi connectivity index (χ3v) is 3.80. The zero-order valence-corrected chi connectivity index (χ0v) is 13.5. The summed E-state index contributed by atoms with van der Waals surface area (Å²) in [6, 6.07) is 8.09. The van der Waals surface area contributed by atoms with E-state index in [1.54, 1.807) is 18.2 Å². The summed E-state index contributed by atoms with van der Waals surface area (Å²) >= 11 is 0. The van der Waals surface area contributed by atoms with Crippen LogP contribution in [0.15, 0.2) is 36.4 Å². The second-order valence-corrected chi connectivity index (χ2v) is 5.54. The number of aromatic nitrogens is 2.